The van der Waals surface area contributed by atoms with E-state index in [1.54, 1.807) is 12.3 Å². The van der Waals surface area contributed by atoms with Crippen LogP contribution >= 0.6 is 0 Å². The Bertz CT molecular complexity index is 338. The smallest absolute Gasteiger partial charge is 0.250 e. The van der Waals surface area contributed by atoms with Gasteiger partial charge in [0.15, 0.2) is 5.82 Å². The summed E-state index contributed by atoms with van der Waals surface area (Å²) in [5, 5.41) is 0. The van der Waals surface area contributed by atoms with Gasteiger partial charge < -0.3 is 9.64 Å². The molecule has 1 aromatic rings. The minimum Gasteiger partial charge on any atom is -0.472 e. The van der Waals surface area contributed by atoms with Gasteiger partial charge in [0.2, 0.25) is 0 Å². The van der Waals surface area contributed by atoms with E-state index in [0.29, 0.717) is 0 Å². The van der Waals surface area contributed by atoms with Gasteiger partial charge in [-0.05, 0) is 31.5 Å². The third kappa shape index (κ3) is 2.70. The number of piperidine rings is 1. The zero-order valence-electron chi connectivity index (χ0n) is 9.53. The maximum Gasteiger partial charge on any atom is 0.250 e. The summed E-state index contributed by atoms with van der Waals surface area (Å²) in [6.07, 6.45) is 3.56. The van der Waals surface area contributed by atoms with E-state index < -0.39 is 0 Å². The molecule has 0 saturated carbocycles. The van der Waals surface area contributed by atoms with Crippen LogP contribution in [0, 0.1) is 5.82 Å². The molecule has 88 valence electrons. The van der Waals surface area contributed by atoms with Gasteiger partial charge in [0.25, 0.3) is 5.88 Å². The van der Waals surface area contributed by atoms with Crippen molar-refractivity contribution in [1.29, 1.82) is 0 Å². The first-order chi connectivity index (χ1) is 7.79. The van der Waals surface area contributed by atoms with Gasteiger partial charge in [-0.25, -0.2) is 9.37 Å². The van der Waals surface area contributed by atoms with Gasteiger partial charge >= 0.3 is 0 Å². The normalized spacial score (nSPS) is 18.6. The van der Waals surface area contributed by atoms with Crippen LogP contribution in [0.3, 0.4) is 0 Å². The van der Waals surface area contributed by atoms with Crippen LogP contribution < -0.4 is 4.74 Å². The van der Waals surface area contributed by atoms with Gasteiger partial charge in [-0.3, -0.25) is 0 Å². The summed E-state index contributed by atoms with van der Waals surface area (Å²) in [4.78, 5) is 6.27. The number of halogens is 1. The van der Waals surface area contributed by atoms with Crippen molar-refractivity contribution in [2.24, 2.45) is 0 Å². The highest BCUT2D eigenvalue weighted by molar-refractivity contribution is 5.13. The number of nitrogens with zero attached hydrogens (tertiary/aromatic N) is 2. The zero-order valence-corrected chi connectivity index (χ0v) is 9.53. The quantitative estimate of drug-likeness (QED) is 0.786. The maximum atomic E-state index is 13.3. The van der Waals surface area contributed by atoms with Gasteiger partial charge in [-0.15, -0.1) is 0 Å². The molecule has 1 saturated heterocycles. The van der Waals surface area contributed by atoms with Crippen LogP contribution in [0.5, 0.6) is 5.88 Å². The molecule has 1 aromatic heterocycles. The molecule has 16 heavy (non-hydrogen) atoms. The average molecular weight is 224 g/mol. The molecular weight excluding hydrogens is 207 g/mol. The Hall–Kier alpha value is -1.16. The minimum atomic E-state index is -0.375. The van der Waals surface area contributed by atoms with Crippen LogP contribution in [0.1, 0.15) is 19.8 Å². The second-order valence-electron chi connectivity index (χ2n) is 4.04. The van der Waals surface area contributed by atoms with Crippen molar-refractivity contribution < 1.29 is 9.13 Å². The van der Waals surface area contributed by atoms with Crippen molar-refractivity contribution in [1.82, 2.24) is 9.88 Å². The molecule has 0 aliphatic carbocycles. The van der Waals surface area contributed by atoms with E-state index in [-0.39, 0.29) is 17.8 Å². The second-order valence-corrected chi connectivity index (χ2v) is 4.04. The summed E-state index contributed by atoms with van der Waals surface area (Å²) in [5.41, 5.74) is 0. The summed E-state index contributed by atoms with van der Waals surface area (Å²) < 4.78 is 18.9. The van der Waals surface area contributed by atoms with E-state index in [2.05, 4.69) is 16.8 Å². The molecule has 0 amide bonds. The molecule has 4 heteroatoms. The molecule has 0 atom stereocenters. The van der Waals surface area contributed by atoms with Crippen LogP contribution in [-0.4, -0.2) is 35.6 Å². The highest BCUT2D eigenvalue weighted by Crippen LogP contribution is 2.19. The zero-order chi connectivity index (χ0) is 11.4. The predicted molar refractivity (Wildman–Crippen MR) is 60.0 cm³/mol. The average Bonchev–Trinajstić information content (AvgIpc) is 2.33. The SMILES string of the molecule is CCN1CCC(Oc2ncccc2F)CC1. The monoisotopic (exact) mass is 224 g/mol. The molecule has 0 radical (unpaired) electrons. The topological polar surface area (TPSA) is 25.4 Å². The molecule has 3 nitrogen and oxygen atoms in total. The van der Waals surface area contributed by atoms with E-state index in [4.69, 9.17) is 4.74 Å². The number of aromatic nitrogens is 1. The Labute approximate surface area is 95.2 Å². The first kappa shape index (κ1) is 11.3. The summed E-state index contributed by atoms with van der Waals surface area (Å²) >= 11 is 0. The minimum absolute atomic E-state index is 0.104. The number of hydrogen-bond acceptors (Lipinski definition) is 3. The highest BCUT2D eigenvalue weighted by Gasteiger charge is 2.20. The second kappa shape index (κ2) is 5.25. The predicted octanol–water partition coefficient (Wildman–Crippen LogP) is 2.08. The van der Waals surface area contributed by atoms with Gasteiger partial charge in [0.05, 0.1) is 0 Å². The van der Waals surface area contributed by atoms with Gasteiger partial charge in [-0.2, -0.15) is 0 Å². The van der Waals surface area contributed by atoms with Crippen molar-refractivity contribution in [2.45, 2.75) is 25.9 Å². The maximum absolute atomic E-state index is 13.3. The number of likely N-dealkylation sites (tertiary alicyclic amines) is 1. The Kier molecular flexibility index (Phi) is 3.72. The Morgan fingerprint density at radius 1 is 1.50 bits per heavy atom. The fourth-order valence-corrected chi connectivity index (χ4v) is 1.96. The van der Waals surface area contributed by atoms with E-state index in [9.17, 15) is 4.39 Å². The fraction of sp³-hybridized carbons (Fsp3) is 0.583. The van der Waals surface area contributed by atoms with E-state index in [0.717, 1.165) is 32.5 Å². The van der Waals surface area contributed by atoms with Crippen LogP contribution in [0.4, 0.5) is 4.39 Å². The van der Waals surface area contributed by atoms with E-state index in [1.807, 2.05) is 0 Å². The van der Waals surface area contributed by atoms with Gasteiger partial charge in [0, 0.05) is 19.3 Å². The lowest BCUT2D eigenvalue weighted by Crippen LogP contribution is -2.38. The van der Waals surface area contributed by atoms with Crippen LogP contribution in [-0.2, 0) is 0 Å². The Morgan fingerprint density at radius 3 is 2.88 bits per heavy atom. The van der Waals surface area contributed by atoms with Gasteiger partial charge in [0.1, 0.15) is 6.10 Å². The molecule has 0 aromatic carbocycles. The number of pyridine rings is 1. The Balaban J connectivity index is 1.89. The fourth-order valence-electron chi connectivity index (χ4n) is 1.96. The molecule has 0 N–H and O–H groups in total. The molecule has 0 spiro atoms. The summed E-state index contributed by atoms with van der Waals surface area (Å²) in [6.45, 7) is 5.27. The van der Waals surface area contributed by atoms with Crippen LogP contribution in [0.2, 0.25) is 0 Å². The molecular formula is C12H17FN2O. The lowest BCUT2D eigenvalue weighted by molar-refractivity contribution is 0.0959. The first-order valence-electron chi connectivity index (χ1n) is 5.79. The summed E-state index contributed by atoms with van der Waals surface area (Å²) in [6, 6.07) is 2.95. The summed E-state index contributed by atoms with van der Waals surface area (Å²) in [7, 11) is 0. The molecule has 2 rings (SSSR count). The Morgan fingerprint density at radius 2 is 2.25 bits per heavy atom. The summed E-state index contributed by atoms with van der Waals surface area (Å²) in [5.74, 6) is -0.238. The highest BCUT2D eigenvalue weighted by atomic mass is 19.1. The lowest BCUT2D eigenvalue weighted by Gasteiger charge is -2.30. The lowest BCUT2D eigenvalue weighted by atomic mass is 10.1. The standard InChI is InChI=1S/C12H17FN2O/c1-2-15-8-5-10(6-9-15)16-12-11(13)4-3-7-14-12/h3-4,7,10H,2,5-6,8-9H2,1H3. The van der Waals surface area contributed by atoms with Crippen molar-refractivity contribution in [3.05, 3.63) is 24.1 Å². The van der Waals surface area contributed by atoms with Crippen molar-refractivity contribution in [3.63, 3.8) is 0 Å². The van der Waals surface area contributed by atoms with Crippen LogP contribution in [0.15, 0.2) is 18.3 Å². The third-order valence-electron chi connectivity index (χ3n) is 2.98. The van der Waals surface area contributed by atoms with Crippen molar-refractivity contribution >= 4 is 0 Å². The number of rotatable bonds is 3. The van der Waals surface area contributed by atoms with E-state index >= 15 is 0 Å². The molecule has 0 bridgehead atoms. The van der Waals surface area contributed by atoms with Crippen LogP contribution in [0.25, 0.3) is 0 Å². The van der Waals surface area contributed by atoms with Crippen molar-refractivity contribution in [2.75, 3.05) is 19.6 Å². The molecule has 2 heterocycles. The van der Waals surface area contributed by atoms with Crippen molar-refractivity contribution in [3.8, 4) is 5.88 Å². The molecule has 1 aliphatic rings. The first-order valence-corrected chi connectivity index (χ1v) is 5.79. The van der Waals surface area contributed by atoms with E-state index in [1.165, 1.54) is 6.07 Å². The molecule has 1 fully saturated rings. The molecule has 0 unspecified atom stereocenters. The number of hydrogen-bond donors (Lipinski definition) is 0. The largest absolute Gasteiger partial charge is 0.472 e. The third-order valence-corrected chi connectivity index (χ3v) is 2.98. The molecule has 1 aliphatic heterocycles. The van der Waals surface area contributed by atoms with Gasteiger partial charge in [-0.1, -0.05) is 6.92 Å². The number of ether oxygens (including phenoxy) is 1.